The number of hydrogen-bond donors (Lipinski definition) is 3. The SMILES string of the molecule is COc1cc(/C=N\NC(=O)C(=O)NCc2ccc3c(c2)OCO3)cc(Br)c1OCC(=O)Nc1cccc(Cl)c1C. The molecule has 0 unspecified atom stereocenters. The molecule has 0 aromatic heterocycles. The lowest BCUT2D eigenvalue weighted by Crippen LogP contribution is -2.37. The van der Waals surface area contributed by atoms with Gasteiger partial charge in [0, 0.05) is 17.3 Å². The van der Waals surface area contributed by atoms with E-state index in [9.17, 15) is 14.4 Å². The van der Waals surface area contributed by atoms with Crippen LogP contribution in [0.5, 0.6) is 23.0 Å². The van der Waals surface area contributed by atoms with E-state index in [-0.39, 0.29) is 25.9 Å². The smallest absolute Gasteiger partial charge is 0.329 e. The Labute approximate surface area is 242 Å². The summed E-state index contributed by atoms with van der Waals surface area (Å²) in [6.45, 7) is 1.78. The number of methoxy groups -OCH3 is 1. The molecule has 0 aliphatic carbocycles. The van der Waals surface area contributed by atoms with Crippen LogP contribution in [0.1, 0.15) is 16.7 Å². The molecule has 208 valence electrons. The van der Waals surface area contributed by atoms with Crippen LogP contribution in [0.3, 0.4) is 0 Å². The fourth-order valence-electron chi connectivity index (χ4n) is 3.55. The number of fused-ring (bicyclic) bond motifs is 1. The van der Waals surface area contributed by atoms with Crippen LogP contribution in [0.4, 0.5) is 5.69 Å². The van der Waals surface area contributed by atoms with E-state index in [4.69, 9.17) is 30.5 Å². The van der Waals surface area contributed by atoms with Crippen molar-refractivity contribution in [3.05, 3.63) is 74.7 Å². The van der Waals surface area contributed by atoms with E-state index in [0.29, 0.717) is 43.7 Å². The highest BCUT2D eigenvalue weighted by Crippen LogP contribution is 2.36. The highest BCUT2D eigenvalue weighted by Gasteiger charge is 2.17. The largest absolute Gasteiger partial charge is 0.493 e. The van der Waals surface area contributed by atoms with Gasteiger partial charge < -0.3 is 29.6 Å². The Morgan fingerprint density at radius 1 is 1.10 bits per heavy atom. The average Bonchev–Trinajstić information content (AvgIpc) is 3.41. The molecule has 40 heavy (non-hydrogen) atoms. The number of carbonyl (C=O) groups excluding carboxylic acids is 3. The lowest BCUT2D eigenvalue weighted by atomic mass is 10.2. The van der Waals surface area contributed by atoms with Crippen molar-refractivity contribution in [2.24, 2.45) is 5.10 Å². The first-order chi connectivity index (χ1) is 19.2. The van der Waals surface area contributed by atoms with E-state index in [2.05, 4.69) is 37.1 Å². The fraction of sp³-hybridized carbons (Fsp3) is 0.185. The Morgan fingerprint density at radius 2 is 1.90 bits per heavy atom. The number of anilines is 1. The number of ether oxygens (including phenoxy) is 4. The number of carbonyl (C=O) groups is 3. The maximum absolute atomic E-state index is 12.4. The molecule has 3 aromatic carbocycles. The van der Waals surface area contributed by atoms with Gasteiger partial charge >= 0.3 is 11.8 Å². The molecule has 0 fully saturated rings. The number of nitrogens with zero attached hydrogens (tertiary/aromatic N) is 1. The summed E-state index contributed by atoms with van der Waals surface area (Å²) in [6.07, 6.45) is 1.33. The molecule has 1 heterocycles. The minimum atomic E-state index is -0.941. The number of benzene rings is 3. The summed E-state index contributed by atoms with van der Waals surface area (Å²) >= 11 is 9.50. The first-order valence-electron chi connectivity index (χ1n) is 11.8. The van der Waals surface area contributed by atoms with Gasteiger partial charge in [0.15, 0.2) is 29.6 Å². The van der Waals surface area contributed by atoms with Gasteiger partial charge in [-0.05, 0) is 75.9 Å². The van der Waals surface area contributed by atoms with Crippen molar-refractivity contribution in [1.82, 2.24) is 10.7 Å². The van der Waals surface area contributed by atoms with Gasteiger partial charge in [0.1, 0.15) is 0 Å². The molecule has 0 saturated heterocycles. The quantitative estimate of drug-likeness (QED) is 0.185. The van der Waals surface area contributed by atoms with E-state index >= 15 is 0 Å². The number of halogens is 2. The van der Waals surface area contributed by atoms with E-state index in [1.807, 2.05) is 0 Å². The molecule has 0 radical (unpaired) electrons. The van der Waals surface area contributed by atoms with Crippen LogP contribution in [-0.4, -0.2) is 44.4 Å². The molecule has 13 heteroatoms. The van der Waals surface area contributed by atoms with Gasteiger partial charge in [-0.2, -0.15) is 5.10 Å². The molecule has 3 aromatic rings. The lowest BCUT2D eigenvalue weighted by Gasteiger charge is -2.14. The number of hydrazone groups is 1. The molecule has 1 aliphatic rings. The summed E-state index contributed by atoms with van der Waals surface area (Å²) in [5, 5.41) is 9.64. The van der Waals surface area contributed by atoms with Gasteiger partial charge in [0.25, 0.3) is 5.91 Å². The second-order valence-corrected chi connectivity index (χ2v) is 9.61. The zero-order chi connectivity index (χ0) is 28.6. The van der Waals surface area contributed by atoms with Gasteiger partial charge in [-0.1, -0.05) is 23.7 Å². The summed E-state index contributed by atoms with van der Waals surface area (Å²) in [6, 6.07) is 13.7. The second-order valence-electron chi connectivity index (χ2n) is 8.35. The fourth-order valence-corrected chi connectivity index (χ4v) is 4.30. The molecule has 11 nitrogen and oxygen atoms in total. The highest BCUT2D eigenvalue weighted by atomic mass is 79.9. The normalized spacial score (nSPS) is 11.7. The first kappa shape index (κ1) is 28.7. The summed E-state index contributed by atoms with van der Waals surface area (Å²) < 4.78 is 22.1. The van der Waals surface area contributed by atoms with Crippen molar-refractivity contribution >= 4 is 57.2 Å². The van der Waals surface area contributed by atoms with Crippen LogP contribution in [0.15, 0.2) is 58.1 Å². The van der Waals surface area contributed by atoms with Gasteiger partial charge in [-0.25, -0.2) is 5.43 Å². The molecular weight excluding hydrogens is 608 g/mol. The number of amides is 3. The average molecular weight is 632 g/mol. The zero-order valence-corrected chi connectivity index (χ0v) is 23.7. The van der Waals surface area contributed by atoms with Crippen LogP contribution >= 0.6 is 27.5 Å². The molecule has 4 rings (SSSR count). The predicted molar refractivity (Wildman–Crippen MR) is 151 cm³/mol. The third-order valence-electron chi connectivity index (χ3n) is 5.62. The number of hydrogen-bond acceptors (Lipinski definition) is 8. The third kappa shape index (κ3) is 7.21. The second kappa shape index (κ2) is 13.2. The van der Waals surface area contributed by atoms with E-state index < -0.39 is 11.8 Å². The molecule has 3 amide bonds. The summed E-state index contributed by atoms with van der Waals surface area (Å²) in [5.41, 5.74) is 4.77. The third-order valence-corrected chi connectivity index (χ3v) is 6.62. The topological polar surface area (TPSA) is 137 Å². The van der Waals surface area contributed by atoms with Crippen LogP contribution in [0.25, 0.3) is 0 Å². The van der Waals surface area contributed by atoms with E-state index in [0.717, 1.165) is 11.1 Å². The molecule has 0 bridgehead atoms. The van der Waals surface area contributed by atoms with Gasteiger partial charge in [-0.15, -0.1) is 0 Å². The minimum absolute atomic E-state index is 0.120. The Kier molecular flexibility index (Phi) is 9.46. The van der Waals surface area contributed by atoms with Crippen molar-refractivity contribution < 1.29 is 33.3 Å². The van der Waals surface area contributed by atoms with Crippen molar-refractivity contribution in [3.8, 4) is 23.0 Å². The maximum Gasteiger partial charge on any atom is 0.329 e. The van der Waals surface area contributed by atoms with Crippen molar-refractivity contribution in [2.45, 2.75) is 13.5 Å². The highest BCUT2D eigenvalue weighted by molar-refractivity contribution is 9.10. The Hall–Kier alpha value is -4.29. The molecule has 0 atom stereocenters. The maximum atomic E-state index is 12.4. The van der Waals surface area contributed by atoms with E-state index in [1.165, 1.54) is 13.3 Å². The zero-order valence-electron chi connectivity index (χ0n) is 21.4. The first-order valence-corrected chi connectivity index (χ1v) is 13.0. The molecular formula is C27H24BrClN4O7. The van der Waals surface area contributed by atoms with E-state index in [1.54, 1.807) is 55.5 Å². The summed E-state index contributed by atoms with van der Waals surface area (Å²) in [7, 11) is 1.44. The summed E-state index contributed by atoms with van der Waals surface area (Å²) in [4.78, 5) is 36.7. The number of nitrogens with one attached hydrogen (secondary N) is 3. The van der Waals surface area contributed by atoms with Gasteiger partial charge in [0.05, 0.1) is 17.8 Å². The van der Waals surface area contributed by atoms with Crippen molar-refractivity contribution in [3.63, 3.8) is 0 Å². The Morgan fingerprint density at radius 3 is 2.70 bits per heavy atom. The van der Waals surface area contributed by atoms with Crippen LogP contribution in [0, 0.1) is 6.92 Å². The molecule has 1 aliphatic heterocycles. The van der Waals surface area contributed by atoms with Crippen LogP contribution in [-0.2, 0) is 20.9 Å². The van der Waals surface area contributed by atoms with Crippen molar-refractivity contribution in [2.75, 3.05) is 25.8 Å². The lowest BCUT2D eigenvalue weighted by molar-refractivity contribution is -0.139. The Bertz CT molecular complexity index is 1480. The van der Waals surface area contributed by atoms with Gasteiger partial charge in [-0.3, -0.25) is 14.4 Å². The molecule has 0 spiro atoms. The molecule has 3 N–H and O–H groups in total. The van der Waals surface area contributed by atoms with Gasteiger partial charge in [0.2, 0.25) is 6.79 Å². The van der Waals surface area contributed by atoms with Crippen LogP contribution in [0.2, 0.25) is 5.02 Å². The number of rotatable bonds is 9. The van der Waals surface area contributed by atoms with Crippen LogP contribution < -0.4 is 35.0 Å². The monoisotopic (exact) mass is 630 g/mol. The van der Waals surface area contributed by atoms with Crippen molar-refractivity contribution in [1.29, 1.82) is 0 Å². The predicted octanol–water partition coefficient (Wildman–Crippen LogP) is 3.93. The standard InChI is InChI=1S/C27H24BrClN4O7/c1-15-19(29)4-3-5-20(15)32-24(34)13-38-25-18(28)8-17(10-23(25)37-2)12-31-33-27(36)26(35)30-11-16-6-7-21-22(9-16)40-14-39-21/h3-10,12H,11,13-14H2,1-2H3,(H,30,35)(H,32,34)(H,33,36)/b31-12-. The molecule has 0 saturated carbocycles. The summed E-state index contributed by atoms with van der Waals surface area (Å²) in [5.74, 6) is -0.369. The Balaban J connectivity index is 1.29. The minimum Gasteiger partial charge on any atom is -0.493 e.